The third-order valence-electron chi connectivity index (χ3n) is 1.93. The summed E-state index contributed by atoms with van der Waals surface area (Å²) in [7, 11) is 1.65. The van der Waals surface area contributed by atoms with Crippen LogP contribution in [0.2, 0.25) is 0 Å². The zero-order chi connectivity index (χ0) is 9.10. The summed E-state index contributed by atoms with van der Waals surface area (Å²) in [4.78, 5) is 4.25. The highest BCUT2D eigenvalue weighted by Crippen LogP contribution is 2.17. The average molecular weight is 172 g/mol. The van der Waals surface area contributed by atoms with Crippen LogP contribution in [-0.4, -0.2) is 12.1 Å². The molecule has 1 aromatic heterocycles. The Hall–Kier alpha value is -1.41. The van der Waals surface area contributed by atoms with Gasteiger partial charge in [0.1, 0.15) is 6.61 Å². The van der Waals surface area contributed by atoms with E-state index < -0.39 is 0 Å². The Morgan fingerprint density at radius 3 is 2.92 bits per heavy atom. The van der Waals surface area contributed by atoms with Crippen LogP contribution >= 0.6 is 0 Å². The first-order valence-electron chi connectivity index (χ1n) is 4.11. The molecule has 0 N–H and O–H groups in total. The summed E-state index contributed by atoms with van der Waals surface area (Å²) in [6.07, 6.45) is 1.78. The highest BCUT2D eigenvalue weighted by atomic mass is 16.5. The van der Waals surface area contributed by atoms with Gasteiger partial charge in [0.25, 0.3) is 0 Å². The van der Waals surface area contributed by atoms with Crippen LogP contribution in [0.15, 0.2) is 36.5 Å². The van der Waals surface area contributed by atoms with Crippen molar-refractivity contribution >= 4 is 10.9 Å². The molecule has 1 aromatic carbocycles. The maximum atomic E-state index is 4.98. The van der Waals surface area contributed by atoms with Crippen LogP contribution in [0.5, 0.6) is 0 Å². The molecule has 2 heteroatoms. The van der Waals surface area contributed by atoms with Gasteiger partial charge in [-0.1, -0.05) is 18.2 Å². The van der Waals surface area contributed by atoms with E-state index in [0.717, 1.165) is 16.5 Å². The molecular formula is C11H10NO. The van der Waals surface area contributed by atoms with Crippen LogP contribution in [0.25, 0.3) is 10.9 Å². The fraction of sp³-hybridized carbons (Fsp3) is 0.0909. The van der Waals surface area contributed by atoms with Gasteiger partial charge in [0.2, 0.25) is 0 Å². The second kappa shape index (κ2) is 3.54. The molecule has 0 aliphatic heterocycles. The number of hydrogen-bond donors (Lipinski definition) is 0. The van der Waals surface area contributed by atoms with Crippen LogP contribution in [0.3, 0.4) is 0 Å². The number of hydrogen-bond acceptors (Lipinski definition) is 2. The zero-order valence-corrected chi connectivity index (χ0v) is 7.40. The SMILES string of the molecule is CO[CH]c1ccnc2ccccc12. The number of ether oxygens (including phenoxy) is 1. The molecule has 2 aromatic rings. The molecule has 0 aliphatic carbocycles. The van der Waals surface area contributed by atoms with Gasteiger partial charge >= 0.3 is 0 Å². The maximum absolute atomic E-state index is 4.98. The predicted octanol–water partition coefficient (Wildman–Crippen LogP) is 2.39. The van der Waals surface area contributed by atoms with Gasteiger partial charge in [-0.2, -0.15) is 0 Å². The molecular weight excluding hydrogens is 162 g/mol. The monoisotopic (exact) mass is 172 g/mol. The molecule has 0 unspecified atom stereocenters. The van der Waals surface area contributed by atoms with E-state index in [2.05, 4.69) is 4.98 Å². The van der Waals surface area contributed by atoms with Crippen molar-refractivity contribution in [1.82, 2.24) is 4.98 Å². The Kier molecular flexibility index (Phi) is 2.23. The van der Waals surface area contributed by atoms with Gasteiger partial charge in [0.15, 0.2) is 0 Å². The van der Waals surface area contributed by atoms with E-state index in [1.165, 1.54) is 0 Å². The van der Waals surface area contributed by atoms with Crippen molar-refractivity contribution in [1.29, 1.82) is 0 Å². The lowest BCUT2D eigenvalue weighted by molar-refractivity contribution is 0.293. The molecule has 65 valence electrons. The number of pyridine rings is 1. The summed E-state index contributed by atoms with van der Waals surface area (Å²) in [5, 5.41) is 1.12. The van der Waals surface area contributed by atoms with E-state index in [9.17, 15) is 0 Å². The molecule has 2 rings (SSSR count). The largest absolute Gasteiger partial charge is 0.374 e. The average Bonchev–Trinajstić information content (AvgIpc) is 2.19. The smallest absolute Gasteiger partial charge is 0.113 e. The molecule has 2 nitrogen and oxygen atoms in total. The predicted molar refractivity (Wildman–Crippen MR) is 52.2 cm³/mol. The van der Waals surface area contributed by atoms with Crippen LogP contribution in [0, 0.1) is 6.61 Å². The van der Waals surface area contributed by atoms with Crippen molar-refractivity contribution in [3.63, 3.8) is 0 Å². The third-order valence-corrected chi connectivity index (χ3v) is 1.93. The van der Waals surface area contributed by atoms with Gasteiger partial charge in [-0.25, -0.2) is 0 Å². The summed E-state index contributed by atoms with van der Waals surface area (Å²) >= 11 is 0. The number of rotatable bonds is 2. The number of para-hydroxylation sites is 1. The molecule has 0 fully saturated rings. The van der Waals surface area contributed by atoms with Crippen molar-refractivity contribution in [3.8, 4) is 0 Å². The Bertz CT molecular complexity index is 406. The minimum Gasteiger partial charge on any atom is -0.374 e. The van der Waals surface area contributed by atoms with Gasteiger partial charge < -0.3 is 4.74 Å². The molecule has 1 radical (unpaired) electrons. The Labute approximate surface area is 77.2 Å². The van der Waals surface area contributed by atoms with E-state index in [1.807, 2.05) is 30.3 Å². The third kappa shape index (κ3) is 1.53. The van der Waals surface area contributed by atoms with Crippen LogP contribution in [0.1, 0.15) is 5.56 Å². The highest BCUT2D eigenvalue weighted by molar-refractivity contribution is 5.82. The summed E-state index contributed by atoms with van der Waals surface area (Å²) in [5.41, 5.74) is 2.06. The normalized spacial score (nSPS) is 10.5. The van der Waals surface area contributed by atoms with Crippen molar-refractivity contribution in [3.05, 3.63) is 48.7 Å². The fourth-order valence-electron chi connectivity index (χ4n) is 1.35. The second-order valence-corrected chi connectivity index (χ2v) is 2.77. The quantitative estimate of drug-likeness (QED) is 0.693. The van der Waals surface area contributed by atoms with E-state index in [1.54, 1.807) is 19.9 Å². The summed E-state index contributed by atoms with van der Waals surface area (Å²) in [6.45, 7) is 1.73. The number of benzene rings is 1. The number of fused-ring (bicyclic) bond motifs is 1. The molecule has 0 atom stereocenters. The van der Waals surface area contributed by atoms with E-state index >= 15 is 0 Å². The van der Waals surface area contributed by atoms with Crippen molar-refractivity contribution in [2.75, 3.05) is 7.11 Å². The molecule has 0 saturated heterocycles. The minimum atomic E-state index is 0.994. The first kappa shape index (κ1) is 8.20. The lowest BCUT2D eigenvalue weighted by Crippen LogP contribution is -1.87. The first-order valence-corrected chi connectivity index (χ1v) is 4.11. The molecule has 0 aliphatic rings. The first-order chi connectivity index (χ1) is 6.42. The molecule has 0 saturated carbocycles. The molecule has 1 heterocycles. The van der Waals surface area contributed by atoms with Gasteiger partial charge in [0, 0.05) is 18.7 Å². The molecule has 0 bridgehead atoms. The van der Waals surface area contributed by atoms with Crippen LogP contribution in [-0.2, 0) is 4.74 Å². The topological polar surface area (TPSA) is 22.1 Å². The maximum Gasteiger partial charge on any atom is 0.113 e. The summed E-state index contributed by atoms with van der Waals surface area (Å²) in [6, 6.07) is 9.93. The number of methoxy groups -OCH3 is 1. The summed E-state index contributed by atoms with van der Waals surface area (Å²) < 4.78 is 4.98. The highest BCUT2D eigenvalue weighted by Gasteiger charge is 1.99. The van der Waals surface area contributed by atoms with Crippen molar-refractivity contribution < 1.29 is 4.74 Å². The van der Waals surface area contributed by atoms with Gasteiger partial charge in [-0.15, -0.1) is 0 Å². The van der Waals surface area contributed by atoms with Gasteiger partial charge in [-0.3, -0.25) is 4.98 Å². The fourth-order valence-corrected chi connectivity index (χ4v) is 1.35. The van der Waals surface area contributed by atoms with Crippen LogP contribution < -0.4 is 0 Å². The van der Waals surface area contributed by atoms with Crippen molar-refractivity contribution in [2.45, 2.75) is 0 Å². The van der Waals surface area contributed by atoms with Gasteiger partial charge in [0.05, 0.1) is 5.52 Å². The van der Waals surface area contributed by atoms with Gasteiger partial charge in [-0.05, 0) is 17.7 Å². The van der Waals surface area contributed by atoms with E-state index in [-0.39, 0.29) is 0 Å². The van der Waals surface area contributed by atoms with E-state index in [0.29, 0.717) is 0 Å². The molecule has 0 spiro atoms. The van der Waals surface area contributed by atoms with E-state index in [4.69, 9.17) is 4.74 Å². The van der Waals surface area contributed by atoms with Crippen molar-refractivity contribution in [2.24, 2.45) is 0 Å². The second-order valence-electron chi connectivity index (χ2n) is 2.77. The lowest BCUT2D eigenvalue weighted by atomic mass is 10.1. The standard InChI is InChI=1S/C11H10NO/c1-13-8-9-6-7-12-11-5-3-2-4-10(9)11/h2-8H,1H3. The number of nitrogens with zero attached hydrogens (tertiary/aromatic N) is 1. The Morgan fingerprint density at radius 1 is 1.23 bits per heavy atom. The van der Waals surface area contributed by atoms with Crippen LogP contribution in [0.4, 0.5) is 0 Å². The summed E-state index contributed by atoms with van der Waals surface area (Å²) in [5.74, 6) is 0. The zero-order valence-electron chi connectivity index (χ0n) is 7.40. The molecule has 0 amide bonds. The minimum absolute atomic E-state index is 0.994. The Morgan fingerprint density at radius 2 is 2.08 bits per heavy atom. The molecule has 13 heavy (non-hydrogen) atoms. The Balaban J connectivity index is 2.61. The number of aromatic nitrogens is 1. The lowest BCUT2D eigenvalue weighted by Gasteiger charge is -2.02.